The smallest absolute Gasteiger partial charge is 0.274 e. The molecule has 0 fully saturated rings. The van der Waals surface area contributed by atoms with E-state index in [1.54, 1.807) is 31.2 Å². The molecule has 164 valence electrons. The number of nitrogens with one attached hydrogen (secondary N) is 1. The van der Waals surface area contributed by atoms with Gasteiger partial charge in [0, 0.05) is 12.0 Å². The van der Waals surface area contributed by atoms with Crippen molar-refractivity contribution in [3.63, 3.8) is 0 Å². The maximum atomic E-state index is 13.3. The molecule has 0 aliphatic rings. The molecule has 0 atom stereocenters. The van der Waals surface area contributed by atoms with Crippen LogP contribution in [0.15, 0.2) is 59.5 Å². The first kappa shape index (κ1) is 22.5. The average Bonchev–Trinajstić information content (AvgIpc) is 3.14. The molecule has 3 aromatic rings. The topological polar surface area (TPSA) is 81.1 Å². The fourth-order valence-electron chi connectivity index (χ4n) is 2.90. The Morgan fingerprint density at radius 2 is 1.68 bits per heavy atom. The quantitative estimate of drug-likeness (QED) is 0.600. The van der Waals surface area contributed by atoms with Gasteiger partial charge in [0.05, 0.1) is 16.3 Å². The number of aryl methyl sites for hydroxylation is 1. The largest absolute Gasteiger partial charge is 0.435 e. The minimum absolute atomic E-state index is 0.0602. The van der Waals surface area contributed by atoms with E-state index in [0.29, 0.717) is 12.0 Å². The van der Waals surface area contributed by atoms with Crippen LogP contribution in [-0.4, -0.2) is 24.1 Å². The molecule has 0 saturated heterocycles. The highest BCUT2D eigenvalue weighted by molar-refractivity contribution is 7.90. The molecule has 0 spiro atoms. The van der Waals surface area contributed by atoms with Gasteiger partial charge in [-0.2, -0.15) is 18.3 Å². The molecule has 31 heavy (non-hydrogen) atoms. The molecule has 1 aromatic heterocycles. The number of benzene rings is 2. The predicted molar refractivity (Wildman–Crippen MR) is 109 cm³/mol. The first-order valence-corrected chi connectivity index (χ1v) is 10.9. The normalized spacial score (nSPS) is 12.0. The van der Waals surface area contributed by atoms with Gasteiger partial charge in [-0.25, -0.2) is 17.8 Å². The average molecular weight is 451 g/mol. The van der Waals surface area contributed by atoms with Gasteiger partial charge < -0.3 is 0 Å². The maximum Gasteiger partial charge on any atom is 0.435 e. The van der Waals surface area contributed by atoms with Crippen LogP contribution in [0.2, 0.25) is 0 Å². The van der Waals surface area contributed by atoms with E-state index in [0.717, 1.165) is 16.3 Å². The SMILES string of the molecule is CCCC(=O)NS(=O)(=O)c1ccc(-n2nc(C(F)(F)F)cc2-c2ccc(C)cc2)cc1. The lowest BCUT2D eigenvalue weighted by molar-refractivity contribution is -0.141. The van der Waals surface area contributed by atoms with Crippen LogP contribution in [0.1, 0.15) is 31.0 Å². The number of aromatic nitrogens is 2. The Hall–Kier alpha value is -3.14. The van der Waals surface area contributed by atoms with Gasteiger partial charge in [0.2, 0.25) is 5.91 Å². The molecular formula is C21H20F3N3O3S. The van der Waals surface area contributed by atoms with E-state index in [1.807, 2.05) is 11.6 Å². The number of sulfonamides is 1. The Morgan fingerprint density at radius 3 is 2.23 bits per heavy atom. The summed E-state index contributed by atoms with van der Waals surface area (Å²) < 4.78 is 67.6. The van der Waals surface area contributed by atoms with Gasteiger partial charge in [0.15, 0.2) is 5.69 Å². The highest BCUT2D eigenvalue weighted by Crippen LogP contribution is 2.33. The highest BCUT2D eigenvalue weighted by Gasteiger charge is 2.35. The summed E-state index contributed by atoms with van der Waals surface area (Å²) in [4.78, 5) is 11.5. The number of hydrogen-bond acceptors (Lipinski definition) is 4. The summed E-state index contributed by atoms with van der Waals surface area (Å²) >= 11 is 0. The number of carbonyl (C=O) groups is 1. The van der Waals surface area contributed by atoms with Crippen molar-refractivity contribution in [2.45, 2.75) is 37.8 Å². The van der Waals surface area contributed by atoms with Gasteiger partial charge in [-0.05, 0) is 43.7 Å². The van der Waals surface area contributed by atoms with Crippen molar-refractivity contribution < 1.29 is 26.4 Å². The van der Waals surface area contributed by atoms with Crippen LogP contribution >= 0.6 is 0 Å². The van der Waals surface area contributed by atoms with Crippen molar-refractivity contribution in [3.8, 4) is 16.9 Å². The zero-order valence-corrected chi connectivity index (χ0v) is 17.6. The van der Waals surface area contributed by atoms with Crippen molar-refractivity contribution in [1.82, 2.24) is 14.5 Å². The van der Waals surface area contributed by atoms with Gasteiger partial charge >= 0.3 is 6.18 Å². The molecule has 0 unspecified atom stereocenters. The lowest BCUT2D eigenvalue weighted by Crippen LogP contribution is -2.30. The number of hydrogen-bond donors (Lipinski definition) is 1. The predicted octanol–water partition coefficient (Wildman–Crippen LogP) is 4.47. The van der Waals surface area contributed by atoms with Crippen LogP contribution in [-0.2, 0) is 21.0 Å². The monoisotopic (exact) mass is 451 g/mol. The first-order valence-electron chi connectivity index (χ1n) is 9.41. The molecule has 1 heterocycles. The fraction of sp³-hybridized carbons (Fsp3) is 0.238. The maximum absolute atomic E-state index is 13.3. The van der Waals surface area contributed by atoms with Crippen LogP contribution in [0, 0.1) is 6.92 Å². The van der Waals surface area contributed by atoms with Crippen molar-refractivity contribution in [2.24, 2.45) is 0 Å². The second-order valence-corrected chi connectivity index (χ2v) is 8.65. The summed E-state index contributed by atoms with van der Waals surface area (Å²) in [6.07, 6.45) is -4.09. The number of alkyl halides is 3. The Balaban J connectivity index is 2.01. The minimum atomic E-state index is -4.64. The summed E-state index contributed by atoms with van der Waals surface area (Å²) in [5, 5.41) is 3.69. The number of halogens is 3. The Morgan fingerprint density at radius 1 is 1.06 bits per heavy atom. The van der Waals surface area contributed by atoms with Crippen molar-refractivity contribution >= 4 is 15.9 Å². The summed E-state index contributed by atoms with van der Waals surface area (Å²) in [6, 6.07) is 13.0. The van der Waals surface area contributed by atoms with Crippen molar-refractivity contribution in [3.05, 3.63) is 65.9 Å². The molecule has 0 saturated carbocycles. The van der Waals surface area contributed by atoms with Crippen LogP contribution in [0.25, 0.3) is 16.9 Å². The van der Waals surface area contributed by atoms with E-state index in [9.17, 15) is 26.4 Å². The Kier molecular flexibility index (Phi) is 6.21. The molecule has 1 N–H and O–H groups in total. The van der Waals surface area contributed by atoms with Gasteiger partial charge in [0.25, 0.3) is 10.0 Å². The molecule has 1 amide bonds. The van der Waals surface area contributed by atoms with Crippen LogP contribution in [0.3, 0.4) is 0 Å². The lowest BCUT2D eigenvalue weighted by atomic mass is 10.1. The number of amides is 1. The Labute approximate surface area is 177 Å². The molecule has 3 rings (SSSR count). The second kappa shape index (κ2) is 8.54. The van der Waals surface area contributed by atoms with Crippen LogP contribution in [0.4, 0.5) is 13.2 Å². The first-order chi connectivity index (χ1) is 14.5. The summed E-state index contributed by atoms with van der Waals surface area (Å²) in [5.74, 6) is -0.630. The van der Waals surface area contributed by atoms with Crippen LogP contribution in [0.5, 0.6) is 0 Å². The molecule has 0 bridgehead atoms. The highest BCUT2D eigenvalue weighted by atomic mass is 32.2. The Bertz CT molecular complexity index is 1180. The number of rotatable bonds is 6. The third kappa shape index (κ3) is 5.13. The van der Waals surface area contributed by atoms with E-state index in [2.05, 4.69) is 5.10 Å². The molecule has 6 nitrogen and oxygen atoms in total. The third-order valence-electron chi connectivity index (χ3n) is 4.46. The van der Waals surface area contributed by atoms with Gasteiger partial charge in [-0.15, -0.1) is 0 Å². The zero-order valence-electron chi connectivity index (χ0n) is 16.8. The number of nitrogens with zero attached hydrogens (tertiary/aromatic N) is 2. The van der Waals surface area contributed by atoms with E-state index in [-0.39, 0.29) is 22.7 Å². The third-order valence-corrected chi connectivity index (χ3v) is 5.85. The van der Waals surface area contributed by atoms with Crippen LogP contribution < -0.4 is 4.72 Å². The summed E-state index contributed by atoms with van der Waals surface area (Å²) in [5.41, 5.74) is 0.860. The van der Waals surface area contributed by atoms with Gasteiger partial charge in [-0.3, -0.25) is 4.79 Å². The summed E-state index contributed by atoms with van der Waals surface area (Å²) in [6.45, 7) is 3.60. The van der Waals surface area contributed by atoms with Gasteiger partial charge in [0.1, 0.15) is 0 Å². The van der Waals surface area contributed by atoms with Crippen molar-refractivity contribution in [2.75, 3.05) is 0 Å². The second-order valence-electron chi connectivity index (χ2n) is 6.96. The van der Waals surface area contributed by atoms with E-state index in [1.165, 1.54) is 24.3 Å². The van der Waals surface area contributed by atoms with E-state index in [4.69, 9.17) is 0 Å². The van der Waals surface area contributed by atoms with Gasteiger partial charge in [-0.1, -0.05) is 36.8 Å². The molecular weight excluding hydrogens is 431 g/mol. The molecule has 0 radical (unpaired) electrons. The standard InChI is InChI=1S/C21H20F3N3O3S/c1-3-4-20(28)26-31(29,30)17-11-9-16(10-12-17)27-18(13-19(25-27)21(22,23)24)15-7-5-14(2)6-8-15/h5-13H,3-4H2,1-2H3,(H,26,28). The lowest BCUT2D eigenvalue weighted by Gasteiger charge is -2.10. The molecule has 0 aliphatic carbocycles. The summed E-state index contributed by atoms with van der Waals surface area (Å²) in [7, 11) is -4.07. The van der Waals surface area contributed by atoms with E-state index >= 15 is 0 Å². The zero-order chi connectivity index (χ0) is 22.8. The van der Waals surface area contributed by atoms with Crippen molar-refractivity contribution in [1.29, 1.82) is 0 Å². The number of carbonyl (C=O) groups excluding carboxylic acids is 1. The molecule has 0 aliphatic heterocycles. The van der Waals surface area contributed by atoms with E-state index < -0.39 is 27.8 Å². The molecule has 2 aromatic carbocycles. The fourth-order valence-corrected chi connectivity index (χ4v) is 3.91. The minimum Gasteiger partial charge on any atom is -0.274 e. The molecule has 10 heteroatoms.